The monoisotopic (exact) mass is 518 g/mol. The summed E-state index contributed by atoms with van der Waals surface area (Å²) in [6.45, 7) is 2.19. The zero-order valence-electron chi connectivity index (χ0n) is 15.5. The van der Waals surface area contributed by atoms with Crippen LogP contribution in [-0.2, 0) is 9.37 Å². The number of unbranched alkanes of at least 4 members (excludes halogenated alkanes) is 9. The first-order valence-corrected chi connectivity index (χ1v) is 13.5. The van der Waals surface area contributed by atoms with E-state index in [2.05, 4.69) is 16.3 Å². The molecule has 1 radical (unpaired) electrons. The van der Waals surface area contributed by atoms with Gasteiger partial charge in [0.1, 0.15) is 0 Å². The fourth-order valence-corrected chi connectivity index (χ4v) is 7.46. The molecular weight excluding hydrogens is 491 g/mol. The summed E-state index contributed by atoms with van der Waals surface area (Å²) in [7, 11) is 0. The van der Waals surface area contributed by atoms with Crippen LogP contribution in [0, 0.1) is 23.3 Å². The van der Waals surface area contributed by atoms with Crippen molar-refractivity contribution < 1.29 is 32.2 Å². The summed E-state index contributed by atoms with van der Waals surface area (Å²) in [6.07, 6.45) is 11.7. The Morgan fingerprint density at radius 3 is 1.85 bits per heavy atom. The van der Waals surface area contributed by atoms with Crippen molar-refractivity contribution >= 4 is 36.8 Å². The van der Waals surface area contributed by atoms with E-state index in [4.69, 9.17) is 5.26 Å². The molecular formula is C18H26F4O3SSn-. The van der Waals surface area contributed by atoms with Gasteiger partial charge in [-0.05, 0) is 0 Å². The Labute approximate surface area is 172 Å². The van der Waals surface area contributed by atoms with E-state index in [0.29, 0.717) is 4.44 Å². The summed E-state index contributed by atoms with van der Waals surface area (Å²) in [5.41, 5.74) is 0. The van der Waals surface area contributed by atoms with Crippen LogP contribution in [0.5, 0.6) is 0 Å². The molecule has 27 heavy (non-hydrogen) atoms. The summed E-state index contributed by atoms with van der Waals surface area (Å²) >= 11 is -1.54. The molecule has 0 aromatic heterocycles. The minimum atomic E-state index is -1.89. The third-order valence-electron chi connectivity index (χ3n) is 4.20. The van der Waals surface area contributed by atoms with Crippen molar-refractivity contribution in [2.75, 3.05) is 0 Å². The number of rotatable bonds is 15. The zero-order chi connectivity index (χ0) is 20.1. The Balaban J connectivity index is 2.39. The maximum absolute atomic E-state index is 14.0. The van der Waals surface area contributed by atoms with Gasteiger partial charge in [-0.1, -0.05) is 0 Å². The predicted molar refractivity (Wildman–Crippen MR) is 99.0 cm³/mol. The van der Waals surface area contributed by atoms with E-state index in [-0.39, 0.29) is 15.6 Å². The molecule has 0 spiro atoms. The molecule has 0 heterocycles. The molecule has 9 heteroatoms. The predicted octanol–water partition coefficient (Wildman–Crippen LogP) is 6.34. The molecule has 0 saturated heterocycles. The Morgan fingerprint density at radius 1 is 0.778 bits per heavy atom. The Morgan fingerprint density at radius 2 is 1.30 bits per heavy atom. The topological polar surface area (TPSA) is 38.7 Å². The molecule has 0 aliphatic carbocycles. The van der Waals surface area contributed by atoms with E-state index in [1.807, 2.05) is 0 Å². The fourth-order valence-electron chi connectivity index (χ4n) is 2.72. The number of hydrogen-bond acceptors (Lipinski definition) is 4. The van der Waals surface area contributed by atoms with Crippen molar-refractivity contribution in [3.8, 4) is 0 Å². The quantitative estimate of drug-likeness (QED) is 0.0431. The van der Waals surface area contributed by atoms with Gasteiger partial charge in [0, 0.05) is 0 Å². The van der Waals surface area contributed by atoms with Crippen LogP contribution in [0.25, 0.3) is 0 Å². The zero-order valence-corrected chi connectivity index (χ0v) is 19.1. The van der Waals surface area contributed by atoms with Crippen LogP contribution in [0.4, 0.5) is 17.6 Å². The number of hydrogen-bond donors (Lipinski definition) is 1. The van der Waals surface area contributed by atoms with Gasteiger partial charge in [0.15, 0.2) is 0 Å². The number of halogens is 4. The third kappa shape index (κ3) is 8.89. The Kier molecular flexibility index (Phi) is 13.8. The van der Waals surface area contributed by atoms with Crippen LogP contribution in [0.3, 0.4) is 0 Å². The van der Waals surface area contributed by atoms with Crippen molar-refractivity contribution in [2.45, 2.75) is 80.5 Å². The molecule has 0 bridgehead atoms. The molecule has 0 aliphatic heterocycles. The summed E-state index contributed by atoms with van der Waals surface area (Å²) < 4.78 is 59.4. The van der Waals surface area contributed by atoms with Crippen molar-refractivity contribution in [2.24, 2.45) is 0 Å². The third-order valence-corrected chi connectivity index (χ3v) is 9.47. The molecule has 1 rings (SSSR count). The van der Waals surface area contributed by atoms with Crippen molar-refractivity contribution in [3.05, 3.63) is 23.3 Å². The minimum absolute atomic E-state index is 0.142. The van der Waals surface area contributed by atoms with E-state index in [9.17, 15) is 17.6 Å². The van der Waals surface area contributed by atoms with E-state index in [1.54, 1.807) is 0 Å². The summed E-state index contributed by atoms with van der Waals surface area (Å²) in [4.78, 5) is -0.487. The first kappa shape index (κ1) is 25.0. The maximum atomic E-state index is 14.0. The molecule has 0 amide bonds. The van der Waals surface area contributed by atoms with E-state index in [1.165, 1.54) is 38.5 Å². The molecule has 0 aliphatic rings. The second-order valence-electron chi connectivity index (χ2n) is 6.29. The first-order chi connectivity index (χ1) is 13.0. The molecule has 1 aromatic carbocycles. The number of benzene rings is 1. The summed E-state index contributed by atoms with van der Waals surface area (Å²) in [5.74, 6) is -6.58. The van der Waals surface area contributed by atoms with Gasteiger partial charge in [0.2, 0.25) is 0 Å². The van der Waals surface area contributed by atoms with Gasteiger partial charge in [0.25, 0.3) is 0 Å². The second-order valence-corrected chi connectivity index (χ2v) is 10.9. The van der Waals surface area contributed by atoms with E-state index >= 15 is 0 Å². The molecule has 0 fully saturated rings. The molecule has 0 saturated carbocycles. The molecule has 3 nitrogen and oxygen atoms in total. The van der Waals surface area contributed by atoms with Gasteiger partial charge in [-0.3, -0.25) is 0 Å². The second kappa shape index (κ2) is 14.9. The van der Waals surface area contributed by atoms with Gasteiger partial charge in [-0.15, -0.1) is 0 Å². The van der Waals surface area contributed by atoms with Crippen LogP contribution in [-0.4, -0.2) is 26.4 Å². The van der Waals surface area contributed by atoms with E-state index < -0.39 is 49.3 Å². The average molecular weight is 517 g/mol. The van der Waals surface area contributed by atoms with E-state index in [0.717, 1.165) is 25.7 Å². The molecule has 0 atom stereocenters. The molecule has 0 unspecified atom stereocenters. The average Bonchev–Trinajstić information content (AvgIpc) is 2.67. The fraction of sp³-hybridized carbons (Fsp3) is 0.667. The van der Waals surface area contributed by atoms with Gasteiger partial charge < -0.3 is 0 Å². The Bertz CT molecular complexity index is 564. The van der Waals surface area contributed by atoms with Crippen LogP contribution < -0.4 is 3.58 Å². The summed E-state index contributed by atoms with van der Waals surface area (Å²) in [5, 5.41) is 11.5. The van der Waals surface area contributed by atoms with Crippen LogP contribution in [0.1, 0.15) is 71.1 Å². The molecule has 1 aromatic rings. The van der Waals surface area contributed by atoms with Crippen LogP contribution >= 0.6 is 12.0 Å². The van der Waals surface area contributed by atoms with Gasteiger partial charge in [0.05, 0.1) is 0 Å². The molecule has 155 valence electrons. The van der Waals surface area contributed by atoms with Crippen LogP contribution in [0.15, 0.2) is 4.90 Å². The SMILES string of the molecule is CCCCCCCCCCC[CH2][Sn-][c]1c(F)c(F)c(F)c(F)c1SOOO. The van der Waals surface area contributed by atoms with Crippen molar-refractivity contribution in [3.63, 3.8) is 0 Å². The van der Waals surface area contributed by atoms with Crippen molar-refractivity contribution in [1.29, 1.82) is 0 Å². The van der Waals surface area contributed by atoms with Gasteiger partial charge >= 0.3 is 173 Å². The first-order valence-electron chi connectivity index (χ1n) is 9.29. The van der Waals surface area contributed by atoms with Crippen molar-refractivity contribution in [1.82, 2.24) is 0 Å². The standard InChI is InChI=1S/C12H25.C6HF4O3S.Sn/c1-3-5-7-9-11-12-10-8-6-4-2;7-2-1-3(14-13-12-11)5(9)6(10)4(2)8;/h1,3-12H2,2H3;11H;/q;;-1. The van der Waals surface area contributed by atoms with Gasteiger partial charge in [-0.25, -0.2) is 0 Å². The van der Waals surface area contributed by atoms with Gasteiger partial charge in [-0.2, -0.15) is 0 Å². The normalized spacial score (nSPS) is 11.2. The summed E-state index contributed by atoms with van der Waals surface area (Å²) in [6, 6.07) is 0. The molecule has 1 N–H and O–H groups in total. The van der Waals surface area contributed by atoms with Crippen LogP contribution in [0.2, 0.25) is 4.44 Å². The Hall–Kier alpha value is -0.0313.